The number of sulfonamides is 1. The molecule has 10 heteroatoms. The van der Waals surface area contributed by atoms with E-state index in [0.717, 1.165) is 6.08 Å². The molecule has 1 aliphatic heterocycles. The number of rotatable bonds is 3. The molecule has 4 atom stereocenters. The highest BCUT2D eigenvalue weighted by Crippen LogP contribution is 2.41. The van der Waals surface area contributed by atoms with Crippen LogP contribution in [0.4, 0.5) is 13.2 Å². The summed E-state index contributed by atoms with van der Waals surface area (Å²) in [6.45, 7) is 5.07. The summed E-state index contributed by atoms with van der Waals surface area (Å²) in [6, 6.07) is 0. The van der Waals surface area contributed by atoms with Gasteiger partial charge in [0.1, 0.15) is 0 Å². The molecular formula is C15H22F3NO5S. The third kappa shape index (κ3) is 4.73. The quantitative estimate of drug-likeness (QED) is 0.777. The maximum atomic E-state index is 13.0. The van der Waals surface area contributed by atoms with E-state index in [1.54, 1.807) is 20.8 Å². The third-order valence-corrected chi connectivity index (χ3v) is 6.41. The van der Waals surface area contributed by atoms with Gasteiger partial charge in [0.2, 0.25) is 10.0 Å². The van der Waals surface area contributed by atoms with Crippen molar-refractivity contribution >= 4 is 16.0 Å². The highest BCUT2D eigenvalue weighted by molar-refractivity contribution is 7.90. The molecular weight excluding hydrogens is 363 g/mol. The molecule has 25 heavy (non-hydrogen) atoms. The molecule has 1 heterocycles. The van der Waals surface area contributed by atoms with E-state index >= 15 is 0 Å². The van der Waals surface area contributed by atoms with Gasteiger partial charge < -0.3 is 9.84 Å². The zero-order valence-electron chi connectivity index (χ0n) is 14.1. The van der Waals surface area contributed by atoms with Gasteiger partial charge in [-0.15, -0.1) is 0 Å². The molecule has 0 amide bonds. The van der Waals surface area contributed by atoms with Crippen molar-refractivity contribution in [2.45, 2.75) is 69.2 Å². The van der Waals surface area contributed by atoms with Gasteiger partial charge in [-0.05, 0) is 40.0 Å². The first kappa shape index (κ1) is 20.2. The Kier molecular flexibility index (Phi) is 5.29. The Bertz CT molecular complexity index is 666. The fourth-order valence-electron chi connectivity index (χ4n) is 3.28. The van der Waals surface area contributed by atoms with Gasteiger partial charge in [-0.25, -0.2) is 17.9 Å². The maximum Gasteiger partial charge on any atom is 0.419 e. The minimum Gasteiger partial charge on any atom is -0.478 e. The van der Waals surface area contributed by atoms with Crippen molar-refractivity contribution < 1.29 is 36.2 Å². The van der Waals surface area contributed by atoms with Gasteiger partial charge in [0.15, 0.2) is 6.10 Å². The van der Waals surface area contributed by atoms with Gasteiger partial charge >= 0.3 is 12.1 Å². The second-order valence-corrected chi connectivity index (χ2v) is 9.48. The summed E-state index contributed by atoms with van der Waals surface area (Å²) in [7, 11) is -3.68. The number of aliphatic carboxylic acids is 1. The Morgan fingerprint density at radius 3 is 2.36 bits per heavy atom. The van der Waals surface area contributed by atoms with E-state index in [4.69, 9.17) is 9.84 Å². The summed E-state index contributed by atoms with van der Waals surface area (Å²) in [4.78, 5) is 11.2. The SMILES string of the molecule is CC(C)(C)NS(=O)(=O)C1CCC2OC(C(F)(F)F)C(C(=O)O)=CC2C1. The van der Waals surface area contributed by atoms with E-state index in [2.05, 4.69) is 4.72 Å². The number of fused-ring (bicyclic) bond motifs is 1. The fraction of sp³-hybridized carbons (Fsp3) is 0.800. The van der Waals surface area contributed by atoms with Crippen molar-refractivity contribution in [2.75, 3.05) is 0 Å². The molecule has 2 rings (SSSR count). The zero-order chi connectivity index (χ0) is 19.2. The Balaban J connectivity index is 2.25. The standard InChI is InChI=1S/C15H22F3NO5S/c1-14(2,3)19-25(22,23)9-4-5-11-8(6-9)7-10(13(20)21)12(24-11)15(16,17)18/h7-9,11-12,19H,4-6H2,1-3H3,(H,20,21). The van der Waals surface area contributed by atoms with Crippen LogP contribution < -0.4 is 4.72 Å². The molecule has 0 aromatic carbocycles. The van der Waals surface area contributed by atoms with Crippen molar-refractivity contribution in [1.29, 1.82) is 0 Å². The smallest absolute Gasteiger partial charge is 0.419 e. The molecule has 0 saturated heterocycles. The largest absolute Gasteiger partial charge is 0.478 e. The predicted molar refractivity (Wildman–Crippen MR) is 83.4 cm³/mol. The molecule has 1 fully saturated rings. The average Bonchev–Trinajstić information content (AvgIpc) is 2.41. The number of carbonyl (C=O) groups is 1. The number of carboxylic acid groups (broad SMARTS) is 1. The van der Waals surface area contributed by atoms with Crippen LogP contribution >= 0.6 is 0 Å². The summed E-state index contributed by atoms with van der Waals surface area (Å²) >= 11 is 0. The predicted octanol–water partition coefficient (Wildman–Crippen LogP) is 2.21. The highest BCUT2D eigenvalue weighted by atomic mass is 32.2. The molecule has 2 aliphatic rings. The lowest BCUT2D eigenvalue weighted by atomic mass is 9.82. The first-order valence-electron chi connectivity index (χ1n) is 7.90. The van der Waals surface area contributed by atoms with Crippen molar-refractivity contribution in [3.05, 3.63) is 11.6 Å². The van der Waals surface area contributed by atoms with Crippen molar-refractivity contribution in [3.63, 3.8) is 0 Å². The first-order chi connectivity index (χ1) is 11.2. The second kappa shape index (κ2) is 6.55. The Labute approximate surface area is 144 Å². The molecule has 2 N–H and O–H groups in total. The van der Waals surface area contributed by atoms with Crippen LogP contribution in [0, 0.1) is 5.92 Å². The first-order valence-corrected chi connectivity index (χ1v) is 9.45. The number of hydrogen-bond acceptors (Lipinski definition) is 4. The zero-order valence-corrected chi connectivity index (χ0v) is 14.9. The molecule has 0 spiro atoms. The summed E-state index contributed by atoms with van der Waals surface area (Å²) < 4.78 is 71.5. The fourth-order valence-corrected chi connectivity index (χ4v) is 5.22. The summed E-state index contributed by atoms with van der Waals surface area (Å²) in [5, 5.41) is 8.26. The highest BCUT2D eigenvalue weighted by Gasteiger charge is 2.51. The van der Waals surface area contributed by atoms with Crippen molar-refractivity contribution in [3.8, 4) is 0 Å². The van der Waals surface area contributed by atoms with Crippen LogP contribution in [0.3, 0.4) is 0 Å². The number of alkyl halides is 3. The monoisotopic (exact) mass is 385 g/mol. The van der Waals surface area contributed by atoms with Gasteiger partial charge in [0.25, 0.3) is 0 Å². The van der Waals surface area contributed by atoms with Gasteiger partial charge in [0.05, 0.1) is 16.9 Å². The number of carboxylic acids is 1. The van der Waals surface area contributed by atoms with Gasteiger partial charge in [0, 0.05) is 11.5 Å². The Hall–Kier alpha value is -1.13. The molecule has 0 aromatic heterocycles. The molecule has 144 valence electrons. The molecule has 4 unspecified atom stereocenters. The van der Waals surface area contributed by atoms with E-state index in [-0.39, 0.29) is 19.3 Å². The van der Waals surface area contributed by atoms with E-state index in [9.17, 15) is 26.4 Å². The number of halogens is 3. The molecule has 1 saturated carbocycles. The van der Waals surface area contributed by atoms with Crippen LogP contribution in [0.1, 0.15) is 40.0 Å². The summed E-state index contributed by atoms with van der Waals surface area (Å²) in [5.41, 5.74) is -1.56. The van der Waals surface area contributed by atoms with Gasteiger partial charge in [-0.3, -0.25) is 0 Å². The minimum absolute atomic E-state index is 0.0252. The van der Waals surface area contributed by atoms with E-state index in [0.29, 0.717) is 0 Å². The number of nitrogens with one attached hydrogen (secondary N) is 1. The molecule has 0 radical (unpaired) electrons. The normalized spacial score (nSPS) is 31.2. The molecule has 1 aliphatic carbocycles. The Morgan fingerprint density at radius 2 is 1.88 bits per heavy atom. The summed E-state index contributed by atoms with van der Waals surface area (Å²) in [5.74, 6) is -2.39. The maximum absolute atomic E-state index is 13.0. The van der Waals surface area contributed by atoms with Crippen molar-refractivity contribution in [1.82, 2.24) is 4.72 Å². The van der Waals surface area contributed by atoms with Crippen LogP contribution in [0.25, 0.3) is 0 Å². The van der Waals surface area contributed by atoms with Crippen molar-refractivity contribution in [2.24, 2.45) is 5.92 Å². The van der Waals surface area contributed by atoms with Crippen LogP contribution in [0.15, 0.2) is 11.6 Å². The lowest BCUT2D eigenvalue weighted by molar-refractivity contribution is -0.232. The van der Waals surface area contributed by atoms with Crippen LogP contribution in [0.5, 0.6) is 0 Å². The van der Waals surface area contributed by atoms with E-state index in [1.807, 2.05) is 0 Å². The Morgan fingerprint density at radius 1 is 1.28 bits per heavy atom. The molecule has 6 nitrogen and oxygen atoms in total. The van der Waals surface area contributed by atoms with E-state index in [1.165, 1.54) is 0 Å². The summed E-state index contributed by atoms with van der Waals surface area (Å²) in [6.07, 6.45) is -6.82. The second-order valence-electron chi connectivity index (χ2n) is 7.52. The number of hydrogen-bond donors (Lipinski definition) is 2. The van der Waals surface area contributed by atoms with Crippen LogP contribution in [0.2, 0.25) is 0 Å². The topological polar surface area (TPSA) is 92.7 Å². The average molecular weight is 385 g/mol. The van der Waals surface area contributed by atoms with E-state index < -0.39 is 56.7 Å². The van der Waals surface area contributed by atoms with Crippen LogP contribution in [-0.2, 0) is 19.6 Å². The van der Waals surface area contributed by atoms with Gasteiger partial charge in [-0.1, -0.05) is 6.08 Å². The van der Waals surface area contributed by atoms with Crippen LogP contribution in [-0.4, -0.2) is 48.7 Å². The minimum atomic E-state index is -4.83. The lowest BCUT2D eigenvalue weighted by Crippen LogP contribution is -2.51. The van der Waals surface area contributed by atoms with Gasteiger partial charge in [-0.2, -0.15) is 13.2 Å². The lowest BCUT2D eigenvalue weighted by Gasteiger charge is -2.41. The molecule has 0 bridgehead atoms. The third-order valence-electron chi connectivity index (χ3n) is 4.20. The number of ether oxygens (including phenoxy) is 1. The molecule has 0 aromatic rings.